The maximum Gasteiger partial charge on any atom is 0.214 e. The van der Waals surface area contributed by atoms with E-state index in [1.807, 2.05) is 0 Å². The molecule has 1 unspecified atom stereocenters. The molecule has 3 aliphatic rings. The van der Waals surface area contributed by atoms with Crippen LogP contribution in [0.4, 0.5) is 0 Å². The lowest BCUT2D eigenvalue weighted by Gasteiger charge is -2.25. The van der Waals surface area contributed by atoms with Crippen LogP contribution in [-0.4, -0.2) is 49.9 Å². The minimum Gasteiger partial charge on any atom is -0.445 e. The van der Waals surface area contributed by atoms with E-state index in [9.17, 15) is 16.8 Å². The summed E-state index contributed by atoms with van der Waals surface area (Å²) < 4.78 is 55.6. The number of oxazole rings is 1. The van der Waals surface area contributed by atoms with Crippen molar-refractivity contribution in [2.24, 2.45) is 5.92 Å². The molecule has 0 N–H and O–H groups in total. The second-order valence-corrected chi connectivity index (χ2v) is 11.8. The maximum absolute atomic E-state index is 12.6. The van der Waals surface area contributed by atoms with Gasteiger partial charge >= 0.3 is 0 Å². The van der Waals surface area contributed by atoms with Crippen molar-refractivity contribution >= 4 is 19.9 Å². The van der Waals surface area contributed by atoms with Gasteiger partial charge in [-0.05, 0) is 31.6 Å². The van der Waals surface area contributed by atoms with E-state index in [0.29, 0.717) is 31.7 Å². The van der Waals surface area contributed by atoms with Gasteiger partial charge in [-0.25, -0.2) is 21.8 Å². The molecule has 1 atom stereocenters. The zero-order valence-electron chi connectivity index (χ0n) is 14.2. The van der Waals surface area contributed by atoms with Gasteiger partial charge in [0.2, 0.25) is 10.0 Å². The second kappa shape index (κ2) is 6.35. The Labute approximate surface area is 148 Å². The SMILES string of the molecule is O=S1(=O)CCC(CCS(=O)(=O)N2CCc3oc(C4CCC4)nc3C2)C1. The van der Waals surface area contributed by atoms with Crippen LogP contribution in [0.25, 0.3) is 0 Å². The van der Waals surface area contributed by atoms with Gasteiger partial charge in [0.05, 0.1) is 29.5 Å². The highest BCUT2D eigenvalue weighted by molar-refractivity contribution is 7.91. The quantitative estimate of drug-likeness (QED) is 0.757. The summed E-state index contributed by atoms with van der Waals surface area (Å²) in [6.45, 7) is 0.689. The van der Waals surface area contributed by atoms with Crippen LogP contribution in [0, 0.1) is 5.92 Å². The van der Waals surface area contributed by atoms with Gasteiger partial charge in [-0.3, -0.25) is 0 Å². The van der Waals surface area contributed by atoms with Gasteiger partial charge in [0.15, 0.2) is 15.7 Å². The number of nitrogens with zero attached hydrogens (tertiary/aromatic N) is 2. The van der Waals surface area contributed by atoms with Crippen LogP contribution in [0.15, 0.2) is 4.42 Å². The predicted molar refractivity (Wildman–Crippen MR) is 92.4 cm³/mol. The van der Waals surface area contributed by atoms with Crippen LogP contribution in [0.5, 0.6) is 0 Å². The number of rotatable bonds is 5. The Balaban J connectivity index is 1.39. The van der Waals surface area contributed by atoms with E-state index in [-0.39, 0.29) is 29.7 Å². The third-order valence-corrected chi connectivity index (χ3v) is 9.35. The summed E-state index contributed by atoms with van der Waals surface area (Å²) in [6, 6.07) is 0. The third kappa shape index (κ3) is 3.64. The highest BCUT2D eigenvalue weighted by atomic mass is 32.2. The zero-order valence-corrected chi connectivity index (χ0v) is 15.8. The summed E-state index contributed by atoms with van der Waals surface area (Å²) in [5.41, 5.74) is 0.750. The van der Waals surface area contributed by atoms with Crippen LogP contribution >= 0.6 is 0 Å². The first-order valence-electron chi connectivity index (χ1n) is 8.99. The van der Waals surface area contributed by atoms with Crippen LogP contribution in [-0.2, 0) is 32.8 Å². The first kappa shape index (κ1) is 17.5. The Morgan fingerprint density at radius 1 is 1.24 bits per heavy atom. The molecule has 4 rings (SSSR count). The van der Waals surface area contributed by atoms with E-state index in [0.717, 1.165) is 30.2 Å². The van der Waals surface area contributed by atoms with Gasteiger partial charge in [-0.15, -0.1) is 0 Å². The first-order valence-corrected chi connectivity index (χ1v) is 12.4. The molecule has 0 bridgehead atoms. The largest absolute Gasteiger partial charge is 0.445 e. The van der Waals surface area contributed by atoms with E-state index in [4.69, 9.17) is 4.42 Å². The van der Waals surface area contributed by atoms with Crippen molar-refractivity contribution in [2.75, 3.05) is 23.8 Å². The Bertz CT molecular complexity index is 855. The number of sulfonamides is 1. The molecule has 25 heavy (non-hydrogen) atoms. The topological polar surface area (TPSA) is 97.5 Å². The number of hydrogen-bond acceptors (Lipinski definition) is 6. The molecule has 7 nitrogen and oxygen atoms in total. The van der Waals surface area contributed by atoms with Crippen molar-refractivity contribution in [3.8, 4) is 0 Å². The Morgan fingerprint density at radius 2 is 2.04 bits per heavy atom. The summed E-state index contributed by atoms with van der Waals surface area (Å²) in [7, 11) is -6.36. The van der Waals surface area contributed by atoms with Crippen LogP contribution < -0.4 is 0 Å². The van der Waals surface area contributed by atoms with Gasteiger partial charge in [0, 0.05) is 18.9 Å². The molecule has 140 valence electrons. The molecule has 0 spiro atoms. The fourth-order valence-electron chi connectivity index (χ4n) is 3.81. The molecule has 1 aliphatic carbocycles. The molecule has 9 heteroatoms. The van der Waals surface area contributed by atoms with Crippen molar-refractivity contribution in [1.82, 2.24) is 9.29 Å². The number of sulfone groups is 1. The van der Waals surface area contributed by atoms with Gasteiger partial charge < -0.3 is 4.42 Å². The van der Waals surface area contributed by atoms with E-state index in [2.05, 4.69) is 4.98 Å². The van der Waals surface area contributed by atoms with Crippen LogP contribution in [0.3, 0.4) is 0 Å². The van der Waals surface area contributed by atoms with E-state index < -0.39 is 19.9 Å². The molecule has 2 fully saturated rings. The molecule has 1 aromatic heterocycles. The predicted octanol–water partition coefficient (Wildman–Crippen LogP) is 1.45. The van der Waals surface area contributed by atoms with E-state index >= 15 is 0 Å². The molecule has 1 saturated heterocycles. The molecule has 3 heterocycles. The van der Waals surface area contributed by atoms with Crippen molar-refractivity contribution in [3.05, 3.63) is 17.3 Å². The van der Waals surface area contributed by atoms with Gasteiger partial charge in [0.25, 0.3) is 0 Å². The van der Waals surface area contributed by atoms with Gasteiger partial charge in [-0.1, -0.05) is 6.42 Å². The Hall–Kier alpha value is -0.930. The third-order valence-electron chi connectivity index (χ3n) is 5.67. The summed E-state index contributed by atoms with van der Waals surface area (Å²) >= 11 is 0. The second-order valence-electron chi connectivity index (χ2n) is 7.51. The molecule has 0 radical (unpaired) electrons. The fraction of sp³-hybridized carbons (Fsp3) is 0.812. The number of fused-ring (bicyclic) bond motifs is 1. The van der Waals surface area contributed by atoms with Crippen LogP contribution in [0.2, 0.25) is 0 Å². The first-order chi connectivity index (χ1) is 11.8. The summed E-state index contributed by atoms with van der Waals surface area (Å²) in [5, 5.41) is 0. The smallest absolute Gasteiger partial charge is 0.214 e. The molecule has 1 aromatic rings. The lowest BCUT2D eigenvalue weighted by Crippen LogP contribution is -2.37. The summed E-state index contributed by atoms with van der Waals surface area (Å²) in [5.74, 6) is 2.30. The summed E-state index contributed by atoms with van der Waals surface area (Å²) in [6.07, 6.45) is 4.96. The van der Waals surface area contributed by atoms with Crippen molar-refractivity contribution in [1.29, 1.82) is 0 Å². The molecule has 0 aromatic carbocycles. The highest BCUT2D eigenvalue weighted by Crippen LogP contribution is 2.37. The lowest BCUT2D eigenvalue weighted by atomic mass is 9.85. The van der Waals surface area contributed by atoms with Crippen LogP contribution in [0.1, 0.15) is 55.4 Å². The maximum atomic E-state index is 12.6. The van der Waals surface area contributed by atoms with E-state index in [1.54, 1.807) is 0 Å². The molecular formula is C16H24N2O5S2. The van der Waals surface area contributed by atoms with E-state index in [1.165, 1.54) is 10.7 Å². The lowest BCUT2D eigenvalue weighted by molar-refractivity contribution is 0.314. The fourth-order valence-corrected chi connectivity index (χ4v) is 7.29. The molecule has 2 aliphatic heterocycles. The highest BCUT2D eigenvalue weighted by Gasteiger charge is 2.34. The number of aromatic nitrogens is 1. The van der Waals surface area contributed by atoms with Gasteiger partial charge in [-0.2, -0.15) is 4.31 Å². The monoisotopic (exact) mass is 388 g/mol. The molecular weight excluding hydrogens is 364 g/mol. The minimum absolute atomic E-state index is 0.00978. The Kier molecular flexibility index (Phi) is 4.44. The molecule has 1 saturated carbocycles. The van der Waals surface area contributed by atoms with Crippen molar-refractivity contribution in [3.63, 3.8) is 0 Å². The summed E-state index contributed by atoms with van der Waals surface area (Å²) in [4.78, 5) is 4.54. The van der Waals surface area contributed by atoms with Crippen molar-refractivity contribution in [2.45, 2.75) is 51.0 Å². The van der Waals surface area contributed by atoms with Gasteiger partial charge in [0.1, 0.15) is 5.76 Å². The van der Waals surface area contributed by atoms with Crippen molar-refractivity contribution < 1.29 is 21.3 Å². The zero-order chi connectivity index (χ0) is 17.7. The average molecular weight is 389 g/mol. The Morgan fingerprint density at radius 3 is 2.68 bits per heavy atom. The number of hydrogen-bond donors (Lipinski definition) is 0. The standard InChI is InChI=1S/C16H24N2O5S2/c19-24(20)8-5-12(11-24)6-9-25(21,22)18-7-4-15-14(10-18)17-16(23-15)13-2-1-3-13/h12-13H,1-11H2. The average Bonchev–Trinajstić information content (AvgIpc) is 3.05. The normalized spacial score (nSPS) is 27.1. The minimum atomic E-state index is -3.40. The molecule has 0 amide bonds.